The Kier molecular flexibility index (Phi) is 8.37. The number of hydrogen-bond acceptors (Lipinski definition) is 5. The lowest BCUT2D eigenvalue weighted by Crippen LogP contribution is -2.50. The monoisotopic (exact) mass is 424 g/mol. The number of esters is 1. The molecule has 1 atom stereocenters. The fraction of sp³-hybridized carbons (Fsp3) is 0.292. The third kappa shape index (κ3) is 9.16. The van der Waals surface area contributed by atoms with Crippen molar-refractivity contribution in [3.8, 4) is 5.75 Å². The van der Waals surface area contributed by atoms with E-state index in [2.05, 4.69) is 10.6 Å². The number of rotatable bonds is 7. The van der Waals surface area contributed by atoms with Crippen molar-refractivity contribution in [2.45, 2.75) is 45.9 Å². The Hall–Kier alpha value is -3.61. The highest BCUT2D eigenvalue weighted by atomic mass is 16.5. The normalized spacial score (nSPS) is 12.1. The summed E-state index contributed by atoms with van der Waals surface area (Å²) in [6, 6.07) is 16.4. The van der Waals surface area contributed by atoms with Crippen LogP contribution in [-0.4, -0.2) is 29.6 Å². The average molecular weight is 424 g/mol. The lowest BCUT2D eigenvalue weighted by molar-refractivity contribution is -0.149. The number of amides is 3. The smallest absolute Gasteiger partial charge is 0.331 e. The highest BCUT2D eigenvalue weighted by Gasteiger charge is 2.21. The van der Waals surface area contributed by atoms with Crippen molar-refractivity contribution >= 4 is 24.0 Å². The molecule has 164 valence electrons. The fourth-order valence-electron chi connectivity index (χ4n) is 2.43. The zero-order valence-corrected chi connectivity index (χ0v) is 18.2. The second-order valence-electron chi connectivity index (χ2n) is 7.95. The number of nitrogens with one attached hydrogen (secondary N) is 2. The van der Waals surface area contributed by atoms with Gasteiger partial charge in [0.15, 0.2) is 6.10 Å². The van der Waals surface area contributed by atoms with Gasteiger partial charge in [0.25, 0.3) is 5.91 Å². The van der Waals surface area contributed by atoms with Crippen molar-refractivity contribution in [1.82, 2.24) is 10.6 Å². The van der Waals surface area contributed by atoms with E-state index in [0.717, 1.165) is 11.1 Å². The summed E-state index contributed by atoms with van der Waals surface area (Å²) >= 11 is 0. The molecule has 0 spiro atoms. The molecule has 0 radical (unpaired) electrons. The molecular formula is C24H28N2O5. The molecule has 0 fully saturated rings. The van der Waals surface area contributed by atoms with Crippen LogP contribution < -0.4 is 15.4 Å². The third-order valence-electron chi connectivity index (χ3n) is 3.93. The maximum atomic E-state index is 12.0. The maximum absolute atomic E-state index is 12.0. The number of carbonyl (C=O) groups is 3. The minimum absolute atomic E-state index is 0.468. The van der Waals surface area contributed by atoms with Gasteiger partial charge in [-0.05, 0) is 57.0 Å². The number of carbonyl (C=O) groups excluding carboxylic acids is 3. The molecule has 31 heavy (non-hydrogen) atoms. The van der Waals surface area contributed by atoms with Crippen molar-refractivity contribution in [1.29, 1.82) is 0 Å². The van der Waals surface area contributed by atoms with Gasteiger partial charge in [-0.2, -0.15) is 0 Å². The second kappa shape index (κ2) is 11.0. The SMILES string of the molecule is C[C@H](OC(=O)/C=C/c1ccc(OCc2ccccc2)cc1)C(=O)NC(=O)NC(C)(C)C. The van der Waals surface area contributed by atoms with Crippen LogP contribution in [0, 0.1) is 0 Å². The molecule has 3 amide bonds. The van der Waals surface area contributed by atoms with Crippen molar-refractivity contribution < 1.29 is 23.9 Å². The summed E-state index contributed by atoms with van der Waals surface area (Å²) in [5.41, 5.74) is 1.35. The molecule has 2 aromatic rings. The van der Waals surface area contributed by atoms with Crippen LogP contribution in [0.1, 0.15) is 38.8 Å². The van der Waals surface area contributed by atoms with Crippen LogP contribution in [0.5, 0.6) is 5.75 Å². The van der Waals surface area contributed by atoms with Crippen molar-refractivity contribution in [2.24, 2.45) is 0 Å². The predicted molar refractivity (Wildman–Crippen MR) is 118 cm³/mol. The Morgan fingerprint density at radius 3 is 2.26 bits per heavy atom. The van der Waals surface area contributed by atoms with E-state index in [1.165, 1.54) is 13.0 Å². The van der Waals surface area contributed by atoms with Crippen molar-refractivity contribution in [2.75, 3.05) is 0 Å². The topological polar surface area (TPSA) is 93.7 Å². The lowest BCUT2D eigenvalue weighted by Gasteiger charge is -2.21. The standard InChI is InChI=1S/C24H28N2O5/c1-17(22(28)25-23(29)26-24(2,3)4)31-21(27)15-12-18-10-13-20(14-11-18)30-16-19-8-6-5-7-9-19/h5-15,17H,16H2,1-4H3,(H2,25,26,28,29)/b15-12+/t17-/m0/s1. The number of benzene rings is 2. The van der Waals surface area contributed by atoms with Gasteiger partial charge in [-0.25, -0.2) is 9.59 Å². The van der Waals surface area contributed by atoms with E-state index in [4.69, 9.17) is 9.47 Å². The molecule has 0 aliphatic carbocycles. The van der Waals surface area contributed by atoms with E-state index >= 15 is 0 Å². The molecule has 0 aliphatic heterocycles. The molecule has 0 aliphatic rings. The highest BCUT2D eigenvalue weighted by molar-refractivity contribution is 5.98. The Labute approximate surface area is 182 Å². The summed E-state index contributed by atoms with van der Waals surface area (Å²) in [5, 5.41) is 4.73. The van der Waals surface area contributed by atoms with E-state index in [9.17, 15) is 14.4 Å². The molecule has 0 heterocycles. The van der Waals surface area contributed by atoms with Crippen LogP contribution in [0.4, 0.5) is 4.79 Å². The van der Waals surface area contributed by atoms with Gasteiger partial charge >= 0.3 is 12.0 Å². The average Bonchev–Trinajstić information content (AvgIpc) is 2.70. The largest absolute Gasteiger partial charge is 0.489 e. The van der Waals surface area contributed by atoms with Gasteiger partial charge in [-0.15, -0.1) is 0 Å². The molecule has 0 saturated carbocycles. The maximum Gasteiger partial charge on any atom is 0.331 e. The zero-order chi connectivity index (χ0) is 22.9. The molecular weight excluding hydrogens is 396 g/mol. The molecule has 0 saturated heterocycles. The van der Waals surface area contributed by atoms with Crippen LogP contribution in [0.3, 0.4) is 0 Å². The molecule has 7 nitrogen and oxygen atoms in total. The quantitative estimate of drug-likeness (QED) is 0.520. The van der Waals surface area contributed by atoms with Gasteiger partial charge < -0.3 is 14.8 Å². The first-order chi connectivity index (χ1) is 14.6. The highest BCUT2D eigenvalue weighted by Crippen LogP contribution is 2.15. The molecule has 2 aromatic carbocycles. The summed E-state index contributed by atoms with van der Waals surface area (Å²) in [7, 11) is 0. The third-order valence-corrected chi connectivity index (χ3v) is 3.93. The van der Waals surface area contributed by atoms with Crippen LogP contribution in [-0.2, 0) is 20.9 Å². The summed E-state index contributed by atoms with van der Waals surface area (Å²) in [5.74, 6) is -0.686. The number of ether oxygens (including phenoxy) is 2. The van der Waals surface area contributed by atoms with Crippen LogP contribution >= 0.6 is 0 Å². The summed E-state index contributed by atoms with van der Waals surface area (Å²) in [6.07, 6.45) is 1.68. The molecule has 0 bridgehead atoms. The van der Waals surface area contributed by atoms with Gasteiger partial charge in [0, 0.05) is 11.6 Å². The number of imide groups is 1. The molecule has 7 heteroatoms. The predicted octanol–water partition coefficient (Wildman–Crippen LogP) is 3.83. The van der Waals surface area contributed by atoms with Crippen molar-refractivity contribution in [3.05, 3.63) is 71.8 Å². The van der Waals surface area contributed by atoms with Gasteiger partial charge in [0.05, 0.1) is 0 Å². The zero-order valence-electron chi connectivity index (χ0n) is 18.2. The van der Waals surface area contributed by atoms with E-state index < -0.39 is 29.6 Å². The van der Waals surface area contributed by atoms with Crippen LogP contribution in [0.15, 0.2) is 60.7 Å². The first-order valence-electron chi connectivity index (χ1n) is 9.91. The molecule has 2 N–H and O–H groups in total. The first-order valence-corrected chi connectivity index (χ1v) is 9.91. The molecule has 0 unspecified atom stereocenters. The van der Waals surface area contributed by atoms with Crippen LogP contribution in [0.2, 0.25) is 0 Å². The van der Waals surface area contributed by atoms with Crippen LogP contribution in [0.25, 0.3) is 6.08 Å². The minimum atomic E-state index is -1.11. The minimum Gasteiger partial charge on any atom is -0.489 e. The van der Waals surface area contributed by atoms with Gasteiger partial charge in [0.1, 0.15) is 12.4 Å². The van der Waals surface area contributed by atoms with Gasteiger partial charge in [0.2, 0.25) is 0 Å². The second-order valence-corrected chi connectivity index (χ2v) is 7.95. The number of urea groups is 1. The van der Waals surface area contributed by atoms with E-state index in [1.807, 2.05) is 30.3 Å². The van der Waals surface area contributed by atoms with E-state index in [1.54, 1.807) is 51.1 Å². The summed E-state index contributed by atoms with van der Waals surface area (Å²) in [4.78, 5) is 35.6. The van der Waals surface area contributed by atoms with E-state index in [0.29, 0.717) is 12.4 Å². The summed E-state index contributed by atoms with van der Waals surface area (Å²) in [6.45, 7) is 7.22. The Bertz CT molecular complexity index is 915. The van der Waals surface area contributed by atoms with Crippen molar-refractivity contribution in [3.63, 3.8) is 0 Å². The first kappa shape index (κ1) is 23.7. The molecule has 0 aromatic heterocycles. The lowest BCUT2D eigenvalue weighted by atomic mass is 10.1. The van der Waals surface area contributed by atoms with Gasteiger partial charge in [-0.3, -0.25) is 10.1 Å². The fourth-order valence-corrected chi connectivity index (χ4v) is 2.43. The number of hydrogen-bond donors (Lipinski definition) is 2. The Morgan fingerprint density at radius 1 is 1.00 bits per heavy atom. The van der Waals surface area contributed by atoms with Gasteiger partial charge in [-0.1, -0.05) is 42.5 Å². The van der Waals surface area contributed by atoms with E-state index in [-0.39, 0.29) is 0 Å². The summed E-state index contributed by atoms with van der Waals surface area (Å²) < 4.78 is 10.8. The Morgan fingerprint density at radius 2 is 1.65 bits per heavy atom. The Balaban J connectivity index is 1.79. The molecule has 2 rings (SSSR count).